The van der Waals surface area contributed by atoms with E-state index in [1.165, 1.54) is 0 Å². The Morgan fingerprint density at radius 2 is 1.81 bits per heavy atom. The molecule has 0 unspecified atom stereocenters. The minimum Gasteiger partial charge on any atom is -0.497 e. The fourth-order valence-corrected chi connectivity index (χ4v) is 3.24. The Morgan fingerprint density at radius 3 is 2.52 bits per heavy atom. The molecular weight excluding hydrogens is 390 g/mol. The van der Waals surface area contributed by atoms with Gasteiger partial charge in [0.2, 0.25) is 5.95 Å². The molecule has 0 bridgehead atoms. The number of amides is 1. The van der Waals surface area contributed by atoms with Crippen LogP contribution in [0.4, 0.5) is 5.95 Å². The summed E-state index contributed by atoms with van der Waals surface area (Å²) >= 11 is 0. The maximum absolute atomic E-state index is 12.9. The zero-order valence-electron chi connectivity index (χ0n) is 17.0. The molecule has 3 aromatic carbocycles. The molecule has 0 saturated heterocycles. The van der Waals surface area contributed by atoms with Crippen LogP contribution in [-0.4, -0.2) is 28.9 Å². The molecule has 1 N–H and O–H groups in total. The molecule has 0 atom stereocenters. The molecule has 1 aromatic heterocycles. The van der Waals surface area contributed by atoms with Gasteiger partial charge in [-0.3, -0.25) is 14.7 Å². The number of nitrogens with one attached hydrogen (secondary N) is 1. The lowest BCUT2D eigenvalue weighted by molar-refractivity contribution is -0.107. The van der Waals surface area contributed by atoms with Gasteiger partial charge < -0.3 is 9.53 Å². The molecule has 154 valence electrons. The molecule has 31 heavy (non-hydrogen) atoms. The van der Waals surface area contributed by atoms with Crippen LogP contribution in [0.3, 0.4) is 0 Å². The Morgan fingerprint density at radius 1 is 1.03 bits per heavy atom. The summed E-state index contributed by atoms with van der Waals surface area (Å²) in [7, 11) is 1.62. The molecule has 6 heteroatoms. The highest BCUT2D eigenvalue weighted by Gasteiger charge is 2.15. The number of ether oxygens (including phenoxy) is 1. The highest BCUT2D eigenvalue weighted by Crippen LogP contribution is 2.27. The Bertz CT molecular complexity index is 1200. The second-order valence-corrected chi connectivity index (χ2v) is 6.91. The number of nitrogens with zero attached hydrogens (tertiary/aromatic N) is 2. The Labute approximate surface area is 180 Å². The first-order valence-corrected chi connectivity index (χ1v) is 9.81. The topological polar surface area (TPSA) is 73.2 Å². The Hall–Kier alpha value is -4.19. The number of imidazole rings is 1. The van der Waals surface area contributed by atoms with Gasteiger partial charge in [0.15, 0.2) is 0 Å². The van der Waals surface area contributed by atoms with Crippen molar-refractivity contribution in [3.8, 4) is 22.7 Å². The van der Waals surface area contributed by atoms with Crippen molar-refractivity contribution in [2.75, 3.05) is 12.4 Å². The fraction of sp³-hybridized carbons (Fsp3) is 0.0800. The van der Waals surface area contributed by atoms with Crippen LogP contribution in [0.25, 0.3) is 16.9 Å². The molecule has 0 fully saturated rings. The second-order valence-electron chi connectivity index (χ2n) is 6.91. The highest BCUT2D eigenvalue weighted by molar-refractivity contribution is 6.03. The number of rotatable bonds is 7. The number of hydrogen-bond donors (Lipinski definition) is 1. The molecule has 0 aliphatic carbocycles. The Balaban J connectivity index is 1.69. The van der Waals surface area contributed by atoms with Gasteiger partial charge in [-0.2, -0.15) is 0 Å². The van der Waals surface area contributed by atoms with E-state index in [2.05, 4.69) is 10.3 Å². The van der Waals surface area contributed by atoms with Gasteiger partial charge in [0, 0.05) is 29.4 Å². The van der Waals surface area contributed by atoms with E-state index >= 15 is 0 Å². The predicted octanol–water partition coefficient (Wildman–Crippen LogP) is 4.54. The van der Waals surface area contributed by atoms with Crippen LogP contribution in [0.1, 0.15) is 15.9 Å². The third-order valence-electron chi connectivity index (χ3n) is 4.87. The number of aldehydes is 1. The second kappa shape index (κ2) is 9.09. The van der Waals surface area contributed by atoms with Crippen molar-refractivity contribution >= 4 is 18.1 Å². The molecule has 0 aliphatic heterocycles. The molecule has 4 rings (SSSR count). The monoisotopic (exact) mass is 411 g/mol. The van der Waals surface area contributed by atoms with E-state index in [9.17, 15) is 9.59 Å². The van der Waals surface area contributed by atoms with Crippen LogP contribution in [0.5, 0.6) is 5.75 Å². The normalized spacial score (nSPS) is 10.5. The number of anilines is 1. The van der Waals surface area contributed by atoms with Gasteiger partial charge in [0.25, 0.3) is 5.91 Å². The van der Waals surface area contributed by atoms with Crippen molar-refractivity contribution in [2.45, 2.75) is 6.42 Å². The van der Waals surface area contributed by atoms with Gasteiger partial charge in [-0.25, -0.2) is 4.98 Å². The minimum absolute atomic E-state index is 0.280. The van der Waals surface area contributed by atoms with E-state index in [0.717, 1.165) is 28.8 Å². The maximum atomic E-state index is 12.9. The van der Waals surface area contributed by atoms with Crippen LogP contribution in [-0.2, 0) is 11.2 Å². The summed E-state index contributed by atoms with van der Waals surface area (Å²) in [4.78, 5) is 28.2. The number of methoxy groups -OCH3 is 1. The van der Waals surface area contributed by atoms with Crippen molar-refractivity contribution in [1.29, 1.82) is 0 Å². The molecule has 1 heterocycles. The van der Waals surface area contributed by atoms with Gasteiger partial charge in [-0.15, -0.1) is 0 Å². The van der Waals surface area contributed by atoms with Crippen LogP contribution >= 0.6 is 0 Å². The van der Waals surface area contributed by atoms with Crippen LogP contribution in [0, 0.1) is 0 Å². The number of hydrogen-bond acceptors (Lipinski definition) is 4. The van der Waals surface area contributed by atoms with Gasteiger partial charge in [-0.1, -0.05) is 42.5 Å². The summed E-state index contributed by atoms with van der Waals surface area (Å²) in [5.41, 5.74) is 3.81. The van der Waals surface area contributed by atoms with Crippen molar-refractivity contribution < 1.29 is 14.3 Å². The number of aromatic nitrogens is 2. The Kier molecular flexibility index (Phi) is 5.89. The van der Waals surface area contributed by atoms with Crippen LogP contribution in [0.15, 0.2) is 85.1 Å². The predicted molar refractivity (Wildman–Crippen MR) is 120 cm³/mol. The average Bonchev–Trinajstić information content (AvgIpc) is 3.24. The SMILES string of the molecule is COc1cccc(-c2cn(-c3ccccc3)c(NC(=O)c3ccc(CC=O)cc3)n2)c1. The van der Waals surface area contributed by atoms with E-state index in [0.29, 0.717) is 23.6 Å². The van der Waals surface area contributed by atoms with Crippen LogP contribution < -0.4 is 10.1 Å². The van der Waals surface area contributed by atoms with Crippen LogP contribution in [0.2, 0.25) is 0 Å². The minimum atomic E-state index is -0.280. The van der Waals surface area contributed by atoms with Crippen molar-refractivity contribution in [3.05, 3.63) is 96.2 Å². The molecule has 4 aromatic rings. The lowest BCUT2D eigenvalue weighted by atomic mass is 10.1. The van der Waals surface area contributed by atoms with Crippen molar-refractivity contribution in [1.82, 2.24) is 9.55 Å². The van der Waals surface area contributed by atoms with Gasteiger partial charge in [0.1, 0.15) is 12.0 Å². The smallest absolute Gasteiger partial charge is 0.257 e. The first-order chi connectivity index (χ1) is 15.2. The zero-order chi connectivity index (χ0) is 21.6. The quantitative estimate of drug-likeness (QED) is 0.453. The third kappa shape index (κ3) is 4.53. The van der Waals surface area contributed by atoms with E-state index < -0.39 is 0 Å². The fourth-order valence-electron chi connectivity index (χ4n) is 3.24. The number of para-hydroxylation sites is 1. The number of benzene rings is 3. The molecule has 0 saturated carbocycles. The van der Waals surface area contributed by atoms with E-state index in [4.69, 9.17) is 4.74 Å². The van der Waals surface area contributed by atoms with E-state index in [1.54, 1.807) is 31.4 Å². The lowest BCUT2D eigenvalue weighted by Crippen LogP contribution is -2.15. The number of carbonyl (C=O) groups excluding carboxylic acids is 2. The summed E-state index contributed by atoms with van der Waals surface area (Å²) in [6.45, 7) is 0. The van der Waals surface area contributed by atoms with E-state index in [-0.39, 0.29) is 5.91 Å². The lowest BCUT2D eigenvalue weighted by Gasteiger charge is -2.09. The standard InChI is InChI=1S/C25H21N3O3/c1-31-22-9-5-6-20(16-22)23-17-28(21-7-3-2-4-8-21)25(26-23)27-24(30)19-12-10-18(11-13-19)14-15-29/h2-13,15-17H,14H2,1H3,(H,26,27,30). The highest BCUT2D eigenvalue weighted by atomic mass is 16.5. The molecule has 6 nitrogen and oxygen atoms in total. The summed E-state index contributed by atoms with van der Waals surface area (Å²) in [5.74, 6) is 0.858. The summed E-state index contributed by atoms with van der Waals surface area (Å²) in [5, 5.41) is 2.91. The molecule has 0 aliphatic rings. The molecule has 0 spiro atoms. The molecule has 0 radical (unpaired) electrons. The summed E-state index contributed by atoms with van der Waals surface area (Å²) in [6.07, 6.45) is 3.04. The average molecular weight is 411 g/mol. The maximum Gasteiger partial charge on any atom is 0.257 e. The van der Waals surface area contributed by atoms with E-state index in [1.807, 2.05) is 65.4 Å². The first-order valence-electron chi connectivity index (χ1n) is 9.81. The van der Waals surface area contributed by atoms with Crippen molar-refractivity contribution in [3.63, 3.8) is 0 Å². The number of carbonyl (C=O) groups is 2. The van der Waals surface area contributed by atoms with Crippen molar-refractivity contribution in [2.24, 2.45) is 0 Å². The zero-order valence-corrected chi connectivity index (χ0v) is 17.0. The largest absolute Gasteiger partial charge is 0.497 e. The summed E-state index contributed by atoms with van der Waals surface area (Å²) in [6, 6.07) is 24.2. The van der Waals surface area contributed by atoms with Gasteiger partial charge >= 0.3 is 0 Å². The van der Waals surface area contributed by atoms with Gasteiger partial charge in [0.05, 0.1) is 12.8 Å². The molecular formula is C25H21N3O3. The first kappa shape index (κ1) is 20.1. The summed E-state index contributed by atoms with van der Waals surface area (Å²) < 4.78 is 7.16. The molecule has 1 amide bonds. The van der Waals surface area contributed by atoms with Gasteiger partial charge in [-0.05, 0) is 42.0 Å². The third-order valence-corrected chi connectivity index (χ3v) is 4.87.